The number of carbonyl (C=O) groups excluding carboxylic acids is 1. The Kier molecular flexibility index (Phi) is 2.28. The zero-order chi connectivity index (χ0) is 9.26. The molecule has 1 aromatic rings. The lowest BCUT2D eigenvalue weighted by Crippen LogP contribution is -2.52. The third kappa shape index (κ3) is 1.71. The molecule has 1 saturated heterocycles. The number of amides is 1. The quantitative estimate of drug-likeness (QED) is 0.680. The first kappa shape index (κ1) is 8.65. The Balaban J connectivity index is 2.07. The second kappa shape index (κ2) is 3.43. The van der Waals surface area contributed by atoms with Gasteiger partial charge in [0.2, 0.25) is 5.91 Å². The average molecular weight is 197 g/mol. The van der Waals surface area contributed by atoms with E-state index < -0.39 is 0 Å². The highest BCUT2D eigenvalue weighted by Crippen LogP contribution is 2.16. The first-order valence-electron chi connectivity index (χ1n) is 4.20. The zero-order valence-electron chi connectivity index (χ0n) is 7.28. The van der Waals surface area contributed by atoms with Gasteiger partial charge in [0, 0.05) is 23.7 Å². The highest BCUT2D eigenvalue weighted by molar-refractivity contribution is 7.03. The smallest absolute Gasteiger partial charge is 0.236 e. The highest BCUT2D eigenvalue weighted by atomic mass is 32.1. The number of nitrogens with one attached hydrogen (secondary N) is 2. The third-order valence-corrected chi connectivity index (χ3v) is 2.78. The van der Waals surface area contributed by atoms with Crippen LogP contribution in [0.15, 0.2) is 11.6 Å². The average Bonchev–Trinajstić information content (AvgIpc) is 2.62. The maximum absolute atomic E-state index is 11.1. The molecular formula is C8H11N3OS. The second-order valence-electron chi connectivity index (χ2n) is 3.14. The van der Waals surface area contributed by atoms with Gasteiger partial charge in [0.1, 0.15) is 0 Å². The first-order chi connectivity index (χ1) is 6.27. The summed E-state index contributed by atoms with van der Waals surface area (Å²) in [6.07, 6.45) is 1.84. The zero-order valence-corrected chi connectivity index (χ0v) is 8.10. The van der Waals surface area contributed by atoms with E-state index in [-0.39, 0.29) is 18.0 Å². The van der Waals surface area contributed by atoms with Crippen LogP contribution in [-0.4, -0.2) is 22.9 Å². The van der Waals surface area contributed by atoms with Crippen molar-refractivity contribution in [3.05, 3.63) is 17.1 Å². The number of aromatic nitrogens is 1. The van der Waals surface area contributed by atoms with Gasteiger partial charge in [-0.25, -0.2) is 4.37 Å². The molecule has 4 nitrogen and oxygen atoms in total. The van der Waals surface area contributed by atoms with Crippen LogP contribution >= 0.6 is 11.5 Å². The van der Waals surface area contributed by atoms with Crippen LogP contribution in [0.3, 0.4) is 0 Å². The Labute approximate surface area is 80.5 Å². The van der Waals surface area contributed by atoms with Crippen LogP contribution in [0.1, 0.15) is 18.5 Å². The Hall–Kier alpha value is -0.940. The van der Waals surface area contributed by atoms with E-state index in [1.165, 1.54) is 11.5 Å². The molecule has 0 aliphatic carbocycles. The van der Waals surface area contributed by atoms with Crippen molar-refractivity contribution in [1.82, 2.24) is 15.0 Å². The van der Waals surface area contributed by atoms with Crippen LogP contribution in [-0.2, 0) is 4.79 Å². The topological polar surface area (TPSA) is 54.0 Å². The number of carbonyl (C=O) groups is 1. The first-order valence-corrected chi connectivity index (χ1v) is 5.04. The maximum Gasteiger partial charge on any atom is 0.236 e. The van der Waals surface area contributed by atoms with E-state index in [4.69, 9.17) is 0 Å². The van der Waals surface area contributed by atoms with E-state index in [1.54, 1.807) is 0 Å². The van der Waals surface area contributed by atoms with Gasteiger partial charge >= 0.3 is 0 Å². The lowest BCUT2D eigenvalue weighted by Gasteiger charge is -2.28. The SMILES string of the molecule is C[C@@H]1NC(c2cnsc2)CNC1=O. The molecule has 0 spiro atoms. The summed E-state index contributed by atoms with van der Waals surface area (Å²) < 4.78 is 4.03. The molecule has 1 amide bonds. The molecule has 0 aromatic carbocycles. The molecule has 1 aliphatic heterocycles. The Morgan fingerprint density at radius 2 is 2.54 bits per heavy atom. The minimum atomic E-state index is -0.112. The lowest BCUT2D eigenvalue weighted by molar-refractivity contribution is -0.124. The van der Waals surface area contributed by atoms with Gasteiger partial charge in [-0.1, -0.05) is 0 Å². The summed E-state index contributed by atoms with van der Waals surface area (Å²) in [5.74, 6) is 0.0689. The summed E-state index contributed by atoms with van der Waals surface area (Å²) >= 11 is 1.43. The van der Waals surface area contributed by atoms with Crippen molar-refractivity contribution >= 4 is 17.4 Å². The summed E-state index contributed by atoms with van der Waals surface area (Å²) in [7, 11) is 0. The molecule has 2 N–H and O–H groups in total. The molecule has 0 radical (unpaired) electrons. The van der Waals surface area contributed by atoms with Crippen LogP contribution in [0.25, 0.3) is 0 Å². The Bertz CT molecular complexity index is 298. The van der Waals surface area contributed by atoms with Crippen molar-refractivity contribution in [1.29, 1.82) is 0 Å². The second-order valence-corrected chi connectivity index (χ2v) is 3.80. The molecule has 2 rings (SSSR count). The fourth-order valence-corrected chi connectivity index (χ4v) is 1.98. The van der Waals surface area contributed by atoms with Gasteiger partial charge in [0.15, 0.2) is 0 Å². The predicted octanol–water partition coefficient (Wildman–Crippen LogP) is 0.292. The monoisotopic (exact) mass is 197 g/mol. The number of hydrogen-bond acceptors (Lipinski definition) is 4. The van der Waals surface area contributed by atoms with E-state index in [0.29, 0.717) is 6.54 Å². The van der Waals surface area contributed by atoms with E-state index in [1.807, 2.05) is 18.5 Å². The third-order valence-electron chi connectivity index (χ3n) is 2.18. The minimum Gasteiger partial charge on any atom is -0.353 e. The van der Waals surface area contributed by atoms with Gasteiger partial charge in [-0.3, -0.25) is 10.1 Å². The molecule has 0 bridgehead atoms. The molecule has 0 saturated carbocycles. The van der Waals surface area contributed by atoms with Crippen LogP contribution in [0.2, 0.25) is 0 Å². The van der Waals surface area contributed by atoms with Gasteiger partial charge in [-0.2, -0.15) is 0 Å². The maximum atomic E-state index is 11.1. The fourth-order valence-electron chi connectivity index (χ4n) is 1.39. The highest BCUT2D eigenvalue weighted by Gasteiger charge is 2.25. The summed E-state index contributed by atoms with van der Waals surface area (Å²) in [4.78, 5) is 11.1. The molecule has 5 heteroatoms. The van der Waals surface area contributed by atoms with E-state index >= 15 is 0 Å². The molecule has 1 aromatic heterocycles. The van der Waals surface area contributed by atoms with Crippen molar-refractivity contribution in [2.45, 2.75) is 19.0 Å². The van der Waals surface area contributed by atoms with Crippen molar-refractivity contribution < 1.29 is 4.79 Å². The molecule has 1 fully saturated rings. The normalized spacial score (nSPS) is 28.5. The van der Waals surface area contributed by atoms with E-state index in [9.17, 15) is 4.79 Å². The molecule has 2 atom stereocenters. The molecule has 1 unspecified atom stereocenters. The van der Waals surface area contributed by atoms with Gasteiger partial charge in [0.05, 0.1) is 12.1 Å². The summed E-state index contributed by atoms with van der Waals surface area (Å²) in [5, 5.41) is 8.07. The standard InChI is InChI=1S/C8H11N3OS/c1-5-8(12)9-3-7(11-5)6-2-10-13-4-6/h2,4-5,7,11H,3H2,1H3,(H,9,12)/t5-,7?/m0/s1. The minimum absolute atomic E-state index is 0.0689. The van der Waals surface area contributed by atoms with Crippen molar-refractivity contribution in [2.75, 3.05) is 6.54 Å². The number of nitrogens with zero attached hydrogens (tertiary/aromatic N) is 1. The van der Waals surface area contributed by atoms with Crippen LogP contribution < -0.4 is 10.6 Å². The van der Waals surface area contributed by atoms with E-state index in [2.05, 4.69) is 15.0 Å². The molecular weight excluding hydrogens is 186 g/mol. The van der Waals surface area contributed by atoms with Crippen LogP contribution in [0, 0.1) is 0 Å². The predicted molar refractivity (Wildman–Crippen MR) is 50.5 cm³/mol. The summed E-state index contributed by atoms with van der Waals surface area (Å²) in [5.41, 5.74) is 1.15. The molecule has 2 heterocycles. The largest absolute Gasteiger partial charge is 0.353 e. The number of hydrogen-bond donors (Lipinski definition) is 2. The van der Waals surface area contributed by atoms with Crippen molar-refractivity contribution in [2.24, 2.45) is 0 Å². The van der Waals surface area contributed by atoms with E-state index in [0.717, 1.165) is 5.56 Å². The summed E-state index contributed by atoms with van der Waals surface area (Å²) in [6.45, 7) is 2.52. The van der Waals surface area contributed by atoms with Gasteiger partial charge < -0.3 is 5.32 Å². The van der Waals surface area contributed by atoms with Crippen LogP contribution in [0.4, 0.5) is 0 Å². The Morgan fingerprint density at radius 3 is 3.15 bits per heavy atom. The fraction of sp³-hybridized carbons (Fsp3) is 0.500. The van der Waals surface area contributed by atoms with Gasteiger partial charge in [-0.05, 0) is 18.5 Å². The summed E-state index contributed by atoms with van der Waals surface area (Å²) in [6, 6.07) is 0.102. The number of rotatable bonds is 1. The molecule has 1 aliphatic rings. The number of piperazine rings is 1. The molecule has 70 valence electrons. The van der Waals surface area contributed by atoms with Crippen molar-refractivity contribution in [3.8, 4) is 0 Å². The molecule has 13 heavy (non-hydrogen) atoms. The Morgan fingerprint density at radius 1 is 1.69 bits per heavy atom. The lowest BCUT2D eigenvalue weighted by atomic mass is 10.1. The van der Waals surface area contributed by atoms with Crippen LogP contribution in [0.5, 0.6) is 0 Å². The van der Waals surface area contributed by atoms with Gasteiger partial charge in [-0.15, -0.1) is 0 Å². The van der Waals surface area contributed by atoms with Gasteiger partial charge in [0.25, 0.3) is 0 Å². The van der Waals surface area contributed by atoms with Crippen molar-refractivity contribution in [3.63, 3.8) is 0 Å².